The first-order chi connectivity index (χ1) is 5.77. The van der Waals surface area contributed by atoms with Crippen molar-refractivity contribution in [3.63, 3.8) is 0 Å². The molecule has 66 valence electrons. The van der Waals surface area contributed by atoms with Crippen molar-refractivity contribution in [3.05, 3.63) is 28.8 Å². The number of rotatable bonds is 3. The highest BCUT2D eigenvalue weighted by Crippen LogP contribution is 2.22. The molecule has 0 aliphatic carbocycles. The Morgan fingerprint density at radius 1 is 1.50 bits per heavy atom. The normalized spacial score (nSPS) is 9.92. The lowest BCUT2D eigenvalue weighted by Crippen LogP contribution is -1.89. The maximum absolute atomic E-state index is 5.99. The van der Waals surface area contributed by atoms with Crippen LogP contribution < -0.4 is 4.74 Å². The zero-order chi connectivity index (χ0) is 8.97. The summed E-state index contributed by atoms with van der Waals surface area (Å²) in [7, 11) is 1.63. The lowest BCUT2D eigenvalue weighted by atomic mass is 10.2. The van der Waals surface area contributed by atoms with Crippen molar-refractivity contribution in [1.82, 2.24) is 0 Å². The topological polar surface area (TPSA) is 9.23 Å². The van der Waals surface area contributed by atoms with E-state index in [4.69, 9.17) is 16.3 Å². The van der Waals surface area contributed by atoms with Crippen LogP contribution in [-0.2, 0) is 6.42 Å². The van der Waals surface area contributed by atoms with Crippen LogP contribution in [-0.4, -0.2) is 12.4 Å². The smallest absolute Gasteiger partial charge is 0.120 e. The summed E-state index contributed by atoms with van der Waals surface area (Å²) in [5, 5.41) is 1.70. The molecule has 1 aromatic carbocycles. The number of aryl methyl sites for hydroxylation is 1. The largest absolute Gasteiger partial charge is 0.497 e. The number of hydrogen-bond donors (Lipinski definition) is 0. The molecule has 0 unspecified atom stereocenters. The van der Waals surface area contributed by atoms with Gasteiger partial charge in [0, 0.05) is 10.4 Å². The fourth-order valence-corrected chi connectivity index (χ4v) is 1.65. The van der Waals surface area contributed by atoms with Crippen LogP contribution in [0.25, 0.3) is 0 Å². The first-order valence-electron chi connectivity index (χ1n) is 3.66. The Morgan fingerprint density at radius 2 is 2.25 bits per heavy atom. The minimum absolute atomic E-state index is 0.772. The van der Waals surface area contributed by atoms with E-state index in [1.54, 1.807) is 7.11 Å². The highest BCUT2D eigenvalue weighted by molar-refractivity contribution is 9.09. The number of alkyl halides is 1. The van der Waals surface area contributed by atoms with Crippen LogP contribution in [0, 0.1) is 0 Å². The van der Waals surface area contributed by atoms with E-state index < -0.39 is 0 Å². The molecule has 0 saturated carbocycles. The molecule has 12 heavy (non-hydrogen) atoms. The molecule has 0 aliphatic rings. The molecule has 0 fully saturated rings. The molecule has 1 rings (SSSR count). The Balaban J connectivity index is 2.87. The van der Waals surface area contributed by atoms with Gasteiger partial charge in [0.1, 0.15) is 5.75 Å². The van der Waals surface area contributed by atoms with Gasteiger partial charge in [0.25, 0.3) is 0 Å². The van der Waals surface area contributed by atoms with Gasteiger partial charge in [-0.1, -0.05) is 33.6 Å². The molecule has 1 nitrogen and oxygen atoms in total. The van der Waals surface area contributed by atoms with Gasteiger partial charge in [0.05, 0.1) is 7.11 Å². The molecule has 3 heteroatoms. The third-order valence-corrected chi connectivity index (χ3v) is 2.37. The Labute approximate surface area is 85.8 Å². The van der Waals surface area contributed by atoms with Crippen molar-refractivity contribution < 1.29 is 4.74 Å². The number of halogens is 2. The monoisotopic (exact) mass is 248 g/mol. The summed E-state index contributed by atoms with van der Waals surface area (Å²) < 4.78 is 5.03. The Morgan fingerprint density at radius 3 is 2.75 bits per heavy atom. The van der Waals surface area contributed by atoms with Crippen molar-refractivity contribution in [2.75, 3.05) is 12.4 Å². The van der Waals surface area contributed by atoms with Gasteiger partial charge >= 0.3 is 0 Å². The van der Waals surface area contributed by atoms with E-state index in [0.29, 0.717) is 0 Å². The van der Waals surface area contributed by atoms with Crippen LogP contribution in [0.5, 0.6) is 5.75 Å². The predicted molar refractivity (Wildman–Crippen MR) is 55.5 cm³/mol. The van der Waals surface area contributed by atoms with Crippen molar-refractivity contribution in [2.45, 2.75) is 6.42 Å². The second-order valence-corrected chi connectivity index (χ2v) is 3.60. The molecule has 0 bridgehead atoms. The summed E-state index contributed by atoms with van der Waals surface area (Å²) >= 11 is 9.35. The molecule has 0 aliphatic heterocycles. The molecule has 1 aromatic rings. The standard InChI is InChI=1S/C9H10BrClO/c1-12-8-3-2-7(4-5-10)9(11)6-8/h2-3,6H,4-5H2,1H3. The van der Waals surface area contributed by atoms with Crippen LogP contribution in [0.2, 0.25) is 5.02 Å². The van der Waals surface area contributed by atoms with Crippen molar-refractivity contribution in [3.8, 4) is 5.75 Å². The number of ether oxygens (including phenoxy) is 1. The Kier molecular flexibility index (Phi) is 3.89. The summed E-state index contributed by atoms with van der Waals surface area (Å²) in [6.07, 6.45) is 0.947. The van der Waals surface area contributed by atoms with E-state index in [9.17, 15) is 0 Å². The average molecular weight is 250 g/mol. The second kappa shape index (κ2) is 4.73. The van der Waals surface area contributed by atoms with Gasteiger partial charge in [0.15, 0.2) is 0 Å². The van der Waals surface area contributed by atoms with E-state index in [0.717, 1.165) is 28.1 Å². The van der Waals surface area contributed by atoms with E-state index in [1.807, 2.05) is 18.2 Å². The molecule has 0 N–H and O–H groups in total. The Hall–Kier alpha value is -0.210. The fourth-order valence-electron chi connectivity index (χ4n) is 0.960. The lowest BCUT2D eigenvalue weighted by Gasteiger charge is -2.04. The van der Waals surface area contributed by atoms with Crippen molar-refractivity contribution in [1.29, 1.82) is 0 Å². The predicted octanol–water partition coefficient (Wildman–Crippen LogP) is 3.29. The zero-order valence-electron chi connectivity index (χ0n) is 6.81. The maximum atomic E-state index is 5.99. The molecule has 0 spiro atoms. The molecule has 0 atom stereocenters. The minimum atomic E-state index is 0.772. The first-order valence-corrected chi connectivity index (χ1v) is 5.16. The third-order valence-electron chi connectivity index (χ3n) is 1.62. The van der Waals surface area contributed by atoms with Gasteiger partial charge in [-0.25, -0.2) is 0 Å². The average Bonchev–Trinajstić information content (AvgIpc) is 2.09. The second-order valence-electron chi connectivity index (χ2n) is 2.40. The maximum Gasteiger partial charge on any atom is 0.120 e. The molecule has 0 heterocycles. The van der Waals surface area contributed by atoms with Crippen LogP contribution in [0.4, 0.5) is 0 Å². The fraction of sp³-hybridized carbons (Fsp3) is 0.333. The van der Waals surface area contributed by atoms with Gasteiger partial charge in [-0.15, -0.1) is 0 Å². The molecule has 0 radical (unpaired) electrons. The minimum Gasteiger partial charge on any atom is -0.497 e. The Bertz CT molecular complexity index is 263. The SMILES string of the molecule is COc1ccc(CCBr)c(Cl)c1. The van der Waals surface area contributed by atoms with Crippen LogP contribution in [0.3, 0.4) is 0 Å². The third kappa shape index (κ3) is 2.39. The summed E-state index contributed by atoms with van der Waals surface area (Å²) in [6, 6.07) is 5.74. The summed E-state index contributed by atoms with van der Waals surface area (Å²) in [4.78, 5) is 0. The zero-order valence-corrected chi connectivity index (χ0v) is 9.15. The van der Waals surface area contributed by atoms with E-state index in [2.05, 4.69) is 15.9 Å². The van der Waals surface area contributed by atoms with Gasteiger partial charge < -0.3 is 4.74 Å². The van der Waals surface area contributed by atoms with E-state index in [1.165, 1.54) is 0 Å². The molecule has 0 aromatic heterocycles. The van der Waals surface area contributed by atoms with Crippen LogP contribution >= 0.6 is 27.5 Å². The highest BCUT2D eigenvalue weighted by atomic mass is 79.9. The number of methoxy groups -OCH3 is 1. The summed E-state index contributed by atoms with van der Waals surface area (Å²) in [5.41, 5.74) is 1.15. The molecular formula is C9H10BrClO. The van der Waals surface area contributed by atoms with Crippen LogP contribution in [0.15, 0.2) is 18.2 Å². The van der Waals surface area contributed by atoms with Crippen molar-refractivity contribution in [2.24, 2.45) is 0 Å². The van der Waals surface area contributed by atoms with Gasteiger partial charge in [-0.2, -0.15) is 0 Å². The van der Waals surface area contributed by atoms with Crippen molar-refractivity contribution >= 4 is 27.5 Å². The molecule has 0 amide bonds. The molecular weight excluding hydrogens is 239 g/mol. The lowest BCUT2D eigenvalue weighted by molar-refractivity contribution is 0.414. The highest BCUT2D eigenvalue weighted by Gasteiger charge is 2.00. The van der Waals surface area contributed by atoms with E-state index >= 15 is 0 Å². The number of hydrogen-bond acceptors (Lipinski definition) is 1. The number of benzene rings is 1. The van der Waals surface area contributed by atoms with Gasteiger partial charge in [0.2, 0.25) is 0 Å². The summed E-state index contributed by atoms with van der Waals surface area (Å²) in [5.74, 6) is 0.804. The quantitative estimate of drug-likeness (QED) is 0.747. The van der Waals surface area contributed by atoms with Crippen LogP contribution in [0.1, 0.15) is 5.56 Å². The molecule has 0 saturated heterocycles. The van der Waals surface area contributed by atoms with Gasteiger partial charge in [-0.05, 0) is 24.1 Å². The summed E-state index contributed by atoms with van der Waals surface area (Å²) in [6.45, 7) is 0. The van der Waals surface area contributed by atoms with E-state index in [-0.39, 0.29) is 0 Å². The first kappa shape index (κ1) is 9.87. The van der Waals surface area contributed by atoms with Gasteiger partial charge in [-0.3, -0.25) is 0 Å².